The van der Waals surface area contributed by atoms with Crippen LogP contribution in [0.25, 0.3) is 0 Å². The number of para-hydroxylation sites is 1. The van der Waals surface area contributed by atoms with Crippen LogP contribution in [0.4, 0.5) is 0 Å². The first kappa shape index (κ1) is 16.7. The predicted octanol–water partition coefficient (Wildman–Crippen LogP) is 4.63. The van der Waals surface area contributed by atoms with Crippen LogP contribution in [-0.2, 0) is 4.79 Å². The summed E-state index contributed by atoms with van der Waals surface area (Å²) in [5.41, 5.74) is 2.09. The summed E-state index contributed by atoms with van der Waals surface area (Å²) in [6.07, 6.45) is 0. The summed E-state index contributed by atoms with van der Waals surface area (Å²) in [6, 6.07) is 25.8. The molecule has 0 aromatic heterocycles. The summed E-state index contributed by atoms with van der Waals surface area (Å²) in [4.78, 5) is 24.7. The van der Waals surface area contributed by atoms with Gasteiger partial charge in [0, 0.05) is 0 Å². The number of hydrogen-bond donors (Lipinski definition) is 0. The van der Waals surface area contributed by atoms with E-state index in [1.807, 2.05) is 60.7 Å². The summed E-state index contributed by atoms with van der Waals surface area (Å²) < 4.78 is 5.62. The summed E-state index contributed by atoms with van der Waals surface area (Å²) in [6.45, 7) is 1.46. The van der Waals surface area contributed by atoms with Crippen molar-refractivity contribution in [2.45, 2.75) is 12.8 Å². The molecule has 0 fully saturated rings. The second-order valence-electron chi connectivity index (χ2n) is 5.73. The molecule has 0 saturated heterocycles. The molecule has 0 N–H and O–H groups in total. The van der Waals surface area contributed by atoms with E-state index in [9.17, 15) is 9.59 Å². The zero-order chi connectivity index (χ0) is 17.6. The van der Waals surface area contributed by atoms with Crippen molar-refractivity contribution in [3.63, 3.8) is 0 Å². The molecule has 0 heterocycles. The Balaban J connectivity index is 1.98. The van der Waals surface area contributed by atoms with Crippen molar-refractivity contribution in [3.8, 4) is 5.75 Å². The summed E-state index contributed by atoms with van der Waals surface area (Å²) in [5, 5.41) is 0. The van der Waals surface area contributed by atoms with E-state index in [1.54, 1.807) is 24.3 Å². The first-order chi connectivity index (χ1) is 12.2. The summed E-state index contributed by atoms with van der Waals surface area (Å²) >= 11 is 0. The Kier molecular flexibility index (Phi) is 5.05. The number of Topliss-reactive ketones (excluding diaryl/α,β-unsaturated/α-hetero) is 1. The normalized spacial score (nSPS) is 10.5. The van der Waals surface area contributed by atoms with Gasteiger partial charge in [0.15, 0.2) is 5.78 Å². The van der Waals surface area contributed by atoms with Crippen molar-refractivity contribution in [1.82, 2.24) is 0 Å². The molecule has 0 unspecified atom stereocenters. The Labute approximate surface area is 146 Å². The number of ether oxygens (including phenoxy) is 1. The van der Waals surface area contributed by atoms with Crippen molar-refractivity contribution >= 4 is 11.8 Å². The van der Waals surface area contributed by atoms with Crippen LogP contribution in [0.5, 0.6) is 5.75 Å². The first-order valence-electron chi connectivity index (χ1n) is 8.08. The number of esters is 1. The number of rotatable bonds is 5. The van der Waals surface area contributed by atoms with Crippen LogP contribution >= 0.6 is 0 Å². The highest BCUT2D eigenvalue weighted by Crippen LogP contribution is 2.28. The minimum absolute atomic E-state index is 0.139. The number of carbonyl (C=O) groups is 2. The van der Waals surface area contributed by atoms with Gasteiger partial charge in [0.25, 0.3) is 0 Å². The van der Waals surface area contributed by atoms with E-state index in [0.717, 1.165) is 11.1 Å². The van der Waals surface area contributed by atoms with E-state index in [4.69, 9.17) is 4.74 Å². The van der Waals surface area contributed by atoms with E-state index < -0.39 is 11.9 Å². The highest BCUT2D eigenvalue weighted by Gasteiger charge is 2.25. The smallest absolute Gasteiger partial charge is 0.323 e. The molecule has 0 atom stereocenters. The fourth-order valence-electron chi connectivity index (χ4n) is 2.77. The van der Waals surface area contributed by atoms with Gasteiger partial charge in [-0.25, -0.2) is 0 Å². The Morgan fingerprint density at radius 3 is 1.72 bits per heavy atom. The van der Waals surface area contributed by atoms with Gasteiger partial charge in [-0.2, -0.15) is 0 Å². The second-order valence-corrected chi connectivity index (χ2v) is 5.73. The maximum absolute atomic E-state index is 13.0. The van der Waals surface area contributed by atoms with E-state index in [-0.39, 0.29) is 11.5 Å². The first-order valence-corrected chi connectivity index (χ1v) is 8.08. The Morgan fingerprint density at radius 2 is 1.20 bits per heavy atom. The standard InChI is InChI=1S/C22H18O3/c1-16(23)19-14-8-9-15-20(19)25-22(24)21(17-10-4-2-5-11-17)18-12-6-3-7-13-18/h2-15,21H,1H3. The average molecular weight is 330 g/mol. The van der Waals surface area contributed by atoms with E-state index in [1.165, 1.54) is 6.92 Å². The Morgan fingerprint density at radius 1 is 0.720 bits per heavy atom. The number of ketones is 1. The highest BCUT2D eigenvalue weighted by atomic mass is 16.5. The zero-order valence-corrected chi connectivity index (χ0v) is 13.9. The van der Waals surface area contributed by atoms with Crippen LogP contribution in [0, 0.1) is 0 Å². The van der Waals surface area contributed by atoms with Gasteiger partial charge >= 0.3 is 5.97 Å². The van der Waals surface area contributed by atoms with Crippen molar-refractivity contribution in [2.75, 3.05) is 0 Å². The van der Waals surface area contributed by atoms with Crippen molar-refractivity contribution in [3.05, 3.63) is 102 Å². The molecule has 0 saturated carbocycles. The fraction of sp³-hybridized carbons (Fsp3) is 0.0909. The molecule has 3 rings (SSSR count). The van der Waals surface area contributed by atoms with Gasteiger partial charge in [0.1, 0.15) is 11.7 Å². The topological polar surface area (TPSA) is 43.4 Å². The molecule has 3 aromatic carbocycles. The molecule has 3 heteroatoms. The lowest BCUT2D eigenvalue weighted by atomic mass is 9.91. The number of benzene rings is 3. The second kappa shape index (κ2) is 7.58. The molecular weight excluding hydrogens is 312 g/mol. The maximum atomic E-state index is 13.0. The van der Waals surface area contributed by atoms with Gasteiger partial charge in [-0.15, -0.1) is 0 Å². The summed E-state index contributed by atoms with van der Waals surface area (Å²) in [5.74, 6) is -0.815. The zero-order valence-electron chi connectivity index (χ0n) is 13.9. The predicted molar refractivity (Wildman–Crippen MR) is 96.8 cm³/mol. The van der Waals surface area contributed by atoms with E-state index in [2.05, 4.69) is 0 Å². The highest BCUT2D eigenvalue weighted by molar-refractivity contribution is 5.98. The van der Waals surface area contributed by atoms with Crippen LogP contribution in [0.3, 0.4) is 0 Å². The minimum Gasteiger partial charge on any atom is -0.425 e. The Bertz CT molecular complexity index is 831. The Hall–Kier alpha value is -3.20. The molecule has 0 aliphatic heterocycles. The maximum Gasteiger partial charge on any atom is 0.323 e. The summed E-state index contributed by atoms with van der Waals surface area (Å²) in [7, 11) is 0. The fourth-order valence-corrected chi connectivity index (χ4v) is 2.77. The number of hydrogen-bond acceptors (Lipinski definition) is 3. The SMILES string of the molecule is CC(=O)c1ccccc1OC(=O)C(c1ccccc1)c1ccccc1. The van der Waals surface area contributed by atoms with Gasteiger partial charge in [-0.3, -0.25) is 9.59 Å². The van der Waals surface area contributed by atoms with Gasteiger partial charge in [-0.05, 0) is 30.2 Å². The van der Waals surface area contributed by atoms with Crippen LogP contribution in [0.1, 0.15) is 34.3 Å². The van der Waals surface area contributed by atoms with Gasteiger partial charge in [0.05, 0.1) is 5.56 Å². The van der Waals surface area contributed by atoms with Gasteiger partial charge < -0.3 is 4.74 Å². The van der Waals surface area contributed by atoms with Gasteiger partial charge in [0.2, 0.25) is 0 Å². The molecule has 3 aromatic rings. The minimum atomic E-state index is -0.553. The van der Waals surface area contributed by atoms with E-state index in [0.29, 0.717) is 5.56 Å². The van der Waals surface area contributed by atoms with Gasteiger partial charge in [-0.1, -0.05) is 72.8 Å². The molecular formula is C22H18O3. The van der Waals surface area contributed by atoms with E-state index >= 15 is 0 Å². The van der Waals surface area contributed by atoms with Crippen LogP contribution in [0.2, 0.25) is 0 Å². The van der Waals surface area contributed by atoms with Crippen molar-refractivity contribution in [2.24, 2.45) is 0 Å². The monoisotopic (exact) mass is 330 g/mol. The van der Waals surface area contributed by atoms with Crippen molar-refractivity contribution < 1.29 is 14.3 Å². The van der Waals surface area contributed by atoms with Crippen LogP contribution in [0.15, 0.2) is 84.9 Å². The lowest BCUT2D eigenvalue weighted by Gasteiger charge is -2.17. The van der Waals surface area contributed by atoms with Crippen LogP contribution in [-0.4, -0.2) is 11.8 Å². The average Bonchev–Trinajstić information content (AvgIpc) is 2.64. The molecule has 0 radical (unpaired) electrons. The lowest BCUT2D eigenvalue weighted by Crippen LogP contribution is -2.21. The third kappa shape index (κ3) is 3.83. The largest absolute Gasteiger partial charge is 0.425 e. The molecule has 25 heavy (non-hydrogen) atoms. The lowest BCUT2D eigenvalue weighted by molar-refractivity contribution is -0.135. The number of carbonyl (C=O) groups excluding carboxylic acids is 2. The third-order valence-corrected chi connectivity index (χ3v) is 3.98. The molecule has 0 aliphatic carbocycles. The third-order valence-electron chi connectivity index (χ3n) is 3.98. The van der Waals surface area contributed by atoms with Crippen molar-refractivity contribution in [1.29, 1.82) is 0 Å². The molecule has 0 bridgehead atoms. The van der Waals surface area contributed by atoms with Crippen LogP contribution < -0.4 is 4.74 Å². The molecule has 124 valence electrons. The quantitative estimate of drug-likeness (QED) is 0.389. The molecule has 0 aliphatic rings. The molecule has 0 amide bonds. The molecule has 0 spiro atoms. The molecule has 3 nitrogen and oxygen atoms in total.